The Labute approximate surface area is 123 Å². The summed E-state index contributed by atoms with van der Waals surface area (Å²) < 4.78 is 0. The summed E-state index contributed by atoms with van der Waals surface area (Å²) in [6, 6.07) is 7.18. The highest BCUT2D eigenvalue weighted by Gasteiger charge is 2.17. The van der Waals surface area contributed by atoms with Crippen molar-refractivity contribution < 1.29 is 9.59 Å². The Morgan fingerprint density at radius 3 is 2.20 bits per heavy atom. The second-order valence-corrected chi connectivity index (χ2v) is 6.29. The summed E-state index contributed by atoms with van der Waals surface area (Å²) in [5.74, 6) is 2.84. The van der Waals surface area contributed by atoms with E-state index in [-0.39, 0.29) is 11.8 Å². The minimum absolute atomic E-state index is 0.0779. The molecule has 0 bridgehead atoms. The highest BCUT2D eigenvalue weighted by Crippen LogP contribution is 2.25. The molecule has 0 spiro atoms. The molecule has 1 heterocycles. The molecule has 0 radical (unpaired) electrons. The molecule has 1 fully saturated rings. The van der Waals surface area contributed by atoms with Crippen LogP contribution in [0.3, 0.4) is 0 Å². The average Bonchev–Trinajstić information content (AvgIpc) is 2.41. The van der Waals surface area contributed by atoms with Crippen molar-refractivity contribution in [3.63, 3.8) is 0 Å². The number of nitrogens with one attached hydrogen (secondary N) is 2. The molecule has 1 aromatic rings. The second-order valence-electron chi connectivity index (χ2n) is 5.07. The van der Waals surface area contributed by atoms with E-state index >= 15 is 0 Å². The zero-order chi connectivity index (χ0) is 14.4. The average molecular weight is 292 g/mol. The number of hydrogen-bond donors (Lipinski definition) is 2. The van der Waals surface area contributed by atoms with Crippen LogP contribution in [0.5, 0.6) is 0 Å². The fraction of sp³-hybridized carbons (Fsp3) is 0.467. The van der Waals surface area contributed by atoms with E-state index in [9.17, 15) is 9.59 Å². The number of carbonyl (C=O) groups is 2. The molecule has 0 unspecified atom stereocenters. The lowest BCUT2D eigenvalue weighted by atomic mass is 9.98. The number of benzene rings is 1. The molecular formula is C15H20N2O2S. The summed E-state index contributed by atoms with van der Waals surface area (Å²) >= 11 is 1.97. The smallest absolute Gasteiger partial charge is 0.224 e. The van der Waals surface area contributed by atoms with E-state index in [1.165, 1.54) is 18.4 Å². The molecule has 5 heteroatoms. The van der Waals surface area contributed by atoms with Crippen molar-refractivity contribution in [1.82, 2.24) is 0 Å². The molecule has 0 aromatic heterocycles. The molecule has 2 N–H and O–H groups in total. The zero-order valence-electron chi connectivity index (χ0n) is 11.6. The van der Waals surface area contributed by atoms with Crippen molar-refractivity contribution in [3.05, 3.63) is 24.3 Å². The van der Waals surface area contributed by atoms with E-state index in [0.29, 0.717) is 12.3 Å². The molecule has 0 aliphatic carbocycles. The first kappa shape index (κ1) is 14.9. The van der Waals surface area contributed by atoms with Crippen molar-refractivity contribution in [3.8, 4) is 0 Å². The van der Waals surface area contributed by atoms with Gasteiger partial charge >= 0.3 is 0 Å². The second kappa shape index (κ2) is 7.33. The van der Waals surface area contributed by atoms with Crippen molar-refractivity contribution in [2.45, 2.75) is 26.2 Å². The number of hydrogen-bond acceptors (Lipinski definition) is 3. The third kappa shape index (κ3) is 4.89. The van der Waals surface area contributed by atoms with E-state index in [2.05, 4.69) is 10.6 Å². The molecule has 0 atom stereocenters. The maximum atomic E-state index is 12.0. The van der Waals surface area contributed by atoms with Gasteiger partial charge in [0, 0.05) is 24.7 Å². The first-order valence-electron chi connectivity index (χ1n) is 6.89. The van der Waals surface area contributed by atoms with Crippen LogP contribution in [0.15, 0.2) is 24.3 Å². The van der Waals surface area contributed by atoms with Gasteiger partial charge in [-0.1, -0.05) is 0 Å². The zero-order valence-corrected chi connectivity index (χ0v) is 12.5. The quantitative estimate of drug-likeness (QED) is 0.896. The predicted octanol–water partition coefficient (Wildman–Crippen LogP) is 3.12. The van der Waals surface area contributed by atoms with E-state index in [4.69, 9.17) is 0 Å². The Morgan fingerprint density at radius 1 is 1.10 bits per heavy atom. The first-order chi connectivity index (χ1) is 9.63. The van der Waals surface area contributed by atoms with Crippen molar-refractivity contribution in [2.75, 3.05) is 22.1 Å². The topological polar surface area (TPSA) is 58.2 Å². The Kier molecular flexibility index (Phi) is 5.47. The third-order valence-corrected chi connectivity index (χ3v) is 4.35. The minimum atomic E-state index is -0.100. The van der Waals surface area contributed by atoms with Crippen LogP contribution < -0.4 is 10.6 Å². The van der Waals surface area contributed by atoms with Crippen LogP contribution in [0, 0.1) is 5.92 Å². The standard InChI is InChI=1S/C15H20N2O2S/c1-11(18)16-13-2-4-14(5-3-13)17-15(19)10-12-6-8-20-9-7-12/h2-5,12H,6-10H2,1H3,(H,16,18)(H,17,19). The van der Waals surface area contributed by atoms with Gasteiger partial charge in [0.15, 0.2) is 0 Å². The van der Waals surface area contributed by atoms with Crippen LogP contribution in [0.25, 0.3) is 0 Å². The summed E-state index contributed by atoms with van der Waals surface area (Å²) in [5, 5.41) is 5.61. The van der Waals surface area contributed by atoms with Crippen LogP contribution >= 0.6 is 11.8 Å². The van der Waals surface area contributed by atoms with Crippen molar-refractivity contribution >= 4 is 35.0 Å². The lowest BCUT2D eigenvalue weighted by molar-refractivity contribution is -0.117. The van der Waals surface area contributed by atoms with Gasteiger partial charge < -0.3 is 10.6 Å². The van der Waals surface area contributed by atoms with E-state index in [0.717, 1.165) is 24.2 Å². The van der Waals surface area contributed by atoms with Crippen LogP contribution in [0.4, 0.5) is 11.4 Å². The fourth-order valence-corrected chi connectivity index (χ4v) is 3.47. The van der Waals surface area contributed by atoms with E-state index < -0.39 is 0 Å². The van der Waals surface area contributed by atoms with Gasteiger partial charge in [-0.2, -0.15) is 11.8 Å². The molecule has 108 valence electrons. The summed E-state index contributed by atoms with van der Waals surface area (Å²) in [6.07, 6.45) is 2.88. The van der Waals surface area contributed by atoms with Gasteiger partial charge in [-0.05, 0) is 54.5 Å². The van der Waals surface area contributed by atoms with E-state index in [1.807, 2.05) is 11.8 Å². The van der Waals surface area contributed by atoms with Crippen LogP contribution in [0.1, 0.15) is 26.2 Å². The monoisotopic (exact) mass is 292 g/mol. The van der Waals surface area contributed by atoms with Crippen molar-refractivity contribution in [2.24, 2.45) is 5.92 Å². The SMILES string of the molecule is CC(=O)Nc1ccc(NC(=O)CC2CCSCC2)cc1. The fourth-order valence-electron chi connectivity index (χ4n) is 2.26. The van der Waals surface area contributed by atoms with Crippen molar-refractivity contribution in [1.29, 1.82) is 0 Å². The summed E-state index contributed by atoms with van der Waals surface area (Å²) in [6.45, 7) is 1.47. The van der Waals surface area contributed by atoms with Crippen LogP contribution in [0.2, 0.25) is 0 Å². The van der Waals surface area contributed by atoms with Gasteiger partial charge in [-0.25, -0.2) is 0 Å². The molecule has 0 saturated carbocycles. The Balaban J connectivity index is 1.82. The van der Waals surface area contributed by atoms with Gasteiger partial charge in [0.05, 0.1) is 0 Å². The summed E-state index contributed by atoms with van der Waals surface area (Å²) in [7, 11) is 0. The molecule has 1 aromatic carbocycles. The molecule has 20 heavy (non-hydrogen) atoms. The lowest BCUT2D eigenvalue weighted by Crippen LogP contribution is -2.19. The summed E-state index contributed by atoms with van der Waals surface area (Å²) in [5.41, 5.74) is 1.51. The number of thioether (sulfide) groups is 1. The molecule has 4 nitrogen and oxygen atoms in total. The maximum absolute atomic E-state index is 12.0. The van der Waals surface area contributed by atoms with Gasteiger partial charge in [0.2, 0.25) is 11.8 Å². The van der Waals surface area contributed by atoms with Gasteiger partial charge in [-0.15, -0.1) is 0 Å². The molecule has 1 aliphatic heterocycles. The molecular weight excluding hydrogens is 272 g/mol. The highest BCUT2D eigenvalue weighted by molar-refractivity contribution is 7.99. The molecule has 2 rings (SSSR count). The Morgan fingerprint density at radius 2 is 1.65 bits per heavy atom. The third-order valence-electron chi connectivity index (χ3n) is 3.30. The highest BCUT2D eigenvalue weighted by atomic mass is 32.2. The minimum Gasteiger partial charge on any atom is -0.326 e. The molecule has 2 amide bonds. The molecule has 1 aliphatic rings. The van der Waals surface area contributed by atoms with Crippen LogP contribution in [-0.4, -0.2) is 23.3 Å². The lowest BCUT2D eigenvalue weighted by Gasteiger charge is -2.20. The Bertz CT molecular complexity index is 467. The van der Waals surface area contributed by atoms with Gasteiger partial charge in [-0.3, -0.25) is 9.59 Å². The Hall–Kier alpha value is -1.49. The van der Waals surface area contributed by atoms with E-state index in [1.54, 1.807) is 24.3 Å². The maximum Gasteiger partial charge on any atom is 0.224 e. The molecule has 1 saturated heterocycles. The predicted molar refractivity (Wildman–Crippen MR) is 84.0 cm³/mol. The van der Waals surface area contributed by atoms with Gasteiger partial charge in [0.25, 0.3) is 0 Å². The summed E-state index contributed by atoms with van der Waals surface area (Å²) in [4.78, 5) is 22.9. The van der Waals surface area contributed by atoms with Crippen LogP contribution in [-0.2, 0) is 9.59 Å². The van der Waals surface area contributed by atoms with Gasteiger partial charge in [0.1, 0.15) is 0 Å². The number of anilines is 2. The normalized spacial score (nSPS) is 15.7. The number of amides is 2. The first-order valence-corrected chi connectivity index (χ1v) is 8.04. The largest absolute Gasteiger partial charge is 0.326 e. The number of carbonyl (C=O) groups excluding carboxylic acids is 2. The number of rotatable bonds is 4.